The van der Waals surface area contributed by atoms with Gasteiger partial charge in [-0.05, 0) is 0 Å². The summed E-state index contributed by atoms with van der Waals surface area (Å²) in [6.45, 7) is 0. The van der Waals surface area contributed by atoms with Gasteiger partial charge in [-0.3, -0.25) is 0 Å². The van der Waals surface area contributed by atoms with Crippen molar-refractivity contribution >= 4 is 56.4 Å². The predicted octanol–water partition coefficient (Wildman–Crippen LogP) is 3.85. The second kappa shape index (κ2) is 11.0. The number of nitrogens with zero attached hydrogens (tertiary/aromatic N) is 4. The molecule has 0 aromatic heterocycles. The number of rotatable bonds is 8. The third-order valence-electron chi connectivity index (χ3n) is 8.30. The number of hydrogen-bond acceptors (Lipinski definition) is 0. The molecule has 0 amide bonds. The van der Waals surface area contributed by atoms with Crippen LogP contribution in [0, 0.1) is 0 Å². The van der Waals surface area contributed by atoms with E-state index in [0.717, 1.165) is 17.9 Å². The first-order valence-electron chi connectivity index (χ1n) is 14.5. The maximum atomic E-state index is 2.44. The van der Waals surface area contributed by atoms with Crippen molar-refractivity contribution in [1.82, 2.24) is 17.9 Å². The Bertz CT molecular complexity index is 1220. The summed E-state index contributed by atoms with van der Waals surface area (Å²) in [5, 5.41) is 0. The fourth-order valence-electron chi connectivity index (χ4n) is 5.63. The maximum absolute atomic E-state index is 3.96. The molecular weight excluding hydrogens is 696 g/mol. The Morgan fingerprint density at radius 1 is 0.268 bits per heavy atom. The first-order valence-corrected chi connectivity index (χ1v) is 22.3. The Kier molecular flexibility index (Phi) is 8.51. The molecule has 0 heterocycles. The van der Waals surface area contributed by atoms with E-state index in [2.05, 4.69) is 182 Å². The Balaban J connectivity index is 2.09. The van der Waals surface area contributed by atoms with Gasteiger partial charge in [0.05, 0.1) is 0 Å². The second-order valence-corrected chi connectivity index (χ2v) is 29.8. The summed E-state index contributed by atoms with van der Waals surface area (Å²) in [7, 11) is 26.9. The molecule has 0 unspecified atom stereocenters. The monoisotopic (exact) mass is 748 g/mol. The van der Waals surface area contributed by atoms with Gasteiger partial charge in [-0.15, -0.1) is 0 Å². The molecule has 4 aromatic rings. The fourth-order valence-corrected chi connectivity index (χ4v) is 23.8. The SMILES string of the molecule is C[N+](C)(C)c1cc[c]([Pb]([c]2ccc([N+](C)(C)C)cc2)([c]2ccc([N+](C)(C)C)cc2)[c]2ccc([N+](C)(C)C)cc2)cc1. The molecule has 0 bridgehead atoms. The van der Waals surface area contributed by atoms with Crippen molar-refractivity contribution in [3.05, 3.63) is 97.1 Å². The molecule has 0 atom stereocenters. The predicted molar refractivity (Wildman–Crippen MR) is 188 cm³/mol. The number of benzene rings is 4. The topological polar surface area (TPSA) is 0 Å². The first kappa shape index (κ1) is 31.6. The van der Waals surface area contributed by atoms with Gasteiger partial charge in [-0.2, -0.15) is 0 Å². The van der Waals surface area contributed by atoms with E-state index in [9.17, 15) is 0 Å². The van der Waals surface area contributed by atoms with E-state index in [1.54, 1.807) is 0 Å². The summed E-state index contributed by atoms with van der Waals surface area (Å²) in [4.78, 5) is 0. The van der Waals surface area contributed by atoms with Crippen LogP contribution in [-0.4, -0.2) is 106 Å². The molecule has 216 valence electrons. The van der Waals surface area contributed by atoms with Crippen LogP contribution < -0.4 is 30.4 Å². The minimum atomic E-state index is -3.96. The molecule has 0 aliphatic rings. The van der Waals surface area contributed by atoms with E-state index in [4.69, 9.17) is 0 Å². The molecule has 5 heteroatoms. The fraction of sp³-hybridized carbons (Fsp3) is 0.333. The van der Waals surface area contributed by atoms with E-state index in [-0.39, 0.29) is 0 Å². The van der Waals surface area contributed by atoms with E-state index in [1.165, 1.54) is 35.2 Å². The average molecular weight is 748 g/mol. The molecular formula is C36H52N4Pb+4. The first-order chi connectivity index (χ1) is 18.8. The van der Waals surface area contributed by atoms with Crippen LogP contribution >= 0.6 is 0 Å². The van der Waals surface area contributed by atoms with E-state index in [0.29, 0.717) is 0 Å². The molecule has 4 rings (SSSR count). The zero-order valence-electron chi connectivity index (χ0n) is 27.5. The Hall–Kier alpha value is -2.36. The van der Waals surface area contributed by atoms with Gasteiger partial charge in [0, 0.05) is 0 Å². The van der Waals surface area contributed by atoms with Crippen molar-refractivity contribution in [2.75, 3.05) is 84.6 Å². The molecule has 41 heavy (non-hydrogen) atoms. The summed E-state index contributed by atoms with van der Waals surface area (Å²) in [5.41, 5.74) is 5.27. The van der Waals surface area contributed by atoms with Gasteiger partial charge in [-0.1, -0.05) is 0 Å². The summed E-state index contributed by atoms with van der Waals surface area (Å²) in [6, 6.07) is 38.3. The van der Waals surface area contributed by atoms with Gasteiger partial charge in [-0.25, -0.2) is 0 Å². The quantitative estimate of drug-likeness (QED) is 0.190. The summed E-state index contributed by atoms with van der Waals surface area (Å²) >= 11 is -3.96. The van der Waals surface area contributed by atoms with Crippen molar-refractivity contribution in [2.24, 2.45) is 0 Å². The van der Waals surface area contributed by atoms with Crippen LogP contribution in [0.25, 0.3) is 0 Å². The molecule has 0 aliphatic heterocycles. The van der Waals surface area contributed by atoms with E-state index >= 15 is 0 Å². The summed E-state index contributed by atoms with van der Waals surface area (Å²) < 4.78 is 9.18. The molecule has 0 saturated carbocycles. The Morgan fingerprint density at radius 2 is 0.415 bits per heavy atom. The second-order valence-electron chi connectivity index (χ2n) is 15.0. The van der Waals surface area contributed by atoms with Crippen molar-refractivity contribution in [3.63, 3.8) is 0 Å². The molecule has 0 radical (unpaired) electrons. The Labute approximate surface area is 254 Å². The molecule has 0 aliphatic carbocycles. The minimum absolute atomic E-state index is 0.804. The zero-order valence-corrected chi connectivity index (χ0v) is 31.4. The van der Waals surface area contributed by atoms with Gasteiger partial charge < -0.3 is 0 Å². The van der Waals surface area contributed by atoms with Crippen molar-refractivity contribution in [2.45, 2.75) is 0 Å². The van der Waals surface area contributed by atoms with Crippen molar-refractivity contribution in [3.8, 4) is 0 Å². The van der Waals surface area contributed by atoms with Crippen LogP contribution in [0.3, 0.4) is 0 Å². The molecule has 0 spiro atoms. The Morgan fingerprint density at radius 3 is 0.537 bits per heavy atom. The van der Waals surface area contributed by atoms with Gasteiger partial charge in [0.15, 0.2) is 0 Å². The van der Waals surface area contributed by atoms with Crippen LogP contribution in [0.15, 0.2) is 97.1 Å². The van der Waals surface area contributed by atoms with Crippen LogP contribution in [-0.2, 0) is 0 Å². The third kappa shape index (κ3) is 6.52. The van der Waals surface area contributed by atoms with Gasteiger partial charge in [0.1, 0.15) is 0 Å². The van der Waals surface area contributed by atoms with Gasteiger partial charge in [0.2, 0.25) is 0 Å². The van der Waals surface area contributed by atoms with E-state index in [1.807, 2.05) is 0 Å². The molecule has 4 aromatic carbocycles. The molecule has 4 nitrogen and oxygen atoms in total. The van der Waals surface area contributed by atoms with Crippen molar-refractivity contribution in [1.29, 1.82) is 0 Å². The summed E-state index contributed by atoms with van der Waals surface area (Å²) in [6.07, 6.45) is 0. The number of hydrogen-bond donors (Lipinski definition) is 0. The van der Waals surface area contributed by atoms with E-state index < -0.39 is 21.2 Å². The van der Waals surface area contributed by atoms with Crippen LogP contribution in [0.4, 0.5) is 22.7 Å². The molecule has 0 N–H and O–H groups in total. The van der Waals surface area contributed by atoms with Crippen LogP contribution in [0.5, 0.6) is 0 Å². The number of quaternary nitrogens is 4. The molecule has 0 fully saturated rings. The standard InChI is InChI=1S/4C9H13N.Pb/c4*1-10(2,3)9-7-5-4-6-8-9;/h4*5-8H,1-3H3;/q4*+1;. The average Bonchev–Trinajstić information content (AvgIpc) is 2.88. The summed E-state index contributed by atoms with van der Waals surface area (Å²) in [5.74, 6) is 0. The third-order valence-corrected chi connectivity index (χ3v) is 26.9. The zero-order chi connectivity index (χ0) is 30.4. The van der Waals surface area contributed by atoms with Crippen LogP contribution in [0.2, 0.25) is 0 Å². The van der Waals surface area contributed by atoms with Crippen molar-refractivity contribution < 1.29 is 0 Å². The normalized spacial score (nSPS) is 13.4. The van der Waals surface area contributed by atoms with Crippen LogP contribution in [0.1, 0.15) is 0 Å². The van der Waals surface area contributed by atoms with Gasteiger partial charge in [0.25, 0.3) is 0 Å². The van der Waals surface area contributed by atoms with Gasteiger partial charge >= 0.3 is 256 Å². The molecule has 0 saturated heterocycles.